The lowest BCUT2D eigenvalue weighted by molar-refractivity contribution is -0.115. The quantitative estimate of drug-likeness (QED) is 0.592. The van der Waals surface area contributed by atoms with Crippen LogP contribution in [0, 0.1) is 0 Å². The molecule has 0 spiro atoms. The van der Waals surface area contributed by atoms with E-state index in [1.807, 2.05) is 49.4 Å². The van der Waals surface area contributed by atoms with Crippen molar-refractivity contribution in [1.29, 1.82) is 0 Å². The Labute approximate surface area is 175 Å². The minimum absolute atomic E-state index is 0.0694. The van der Waals surface area contributed by atoms with E-state index in [1.54, 1.807) is 7.11 Å². The summed E-state index contributed by atoms with van der Waals surface area (Å²) >= 11 is 1.50. The van der Waals surface area contributed by atoms with Gasteiger partial charge in [0.05, 0.1) is 23.7 Å². The number of para-hydroxylation sites is 3. The summed E-state index contributed by atoms with van der Waals surface area (Å²) < 4.78 is 7.57. The van der Waals surface area contributed by atoms with E-state index in [-0.39, 0.29) is 11.2 Å². The third kappa shape index (κ3) is 4.17. The predicted molar refractivity (Wildman–Crippen MR) is 117 cm³/mol. The highest BCUT2D eigenvalue weighted by Gasteiger charge is 2.25. The first kappa shape index (κ1) is 19.6. The van der Waals surface area contributed by atoms with Crippen molar-refractivity contribution in [2.24, 2.45) is 0 Å². The van der Waals surface area contributed by atoms with E-state index < -0.39 is 0 Å². The Hall–Kier alpha value is -2.73. The van der Waals surface area contributed by atoms with Crippen LogP contribution in [0.1, 0.15) is 31.2 Å². The van der Waals surface area contributed by atoms with Crippen molar-refractivity contribution in [2.75, 3.05) is 12.4 Å². The number of thioether (sulfide) groups is 1. The Bertz CT molecular complexity index is 1000. The Kier molecular flexibility index (Phi) is 5.90. The number of benzene rings is 2. The average molecular weight is 408 g/mol. The fraction of sp³-hybridized carbons (Fsp3) is 0.304. The number of ether oxygens (including phenoxy) is 1. The number of aryl methyl sites for hydroxylation is 1. The molecule has 1 heterocycles. The largest absolute Gasteiger partial charge is 0.495 e. The number of carbonyl (C=O) groups is 1. The van der Waals surface area contributed by atoms with Crippen LogP contribution in [-0.4, -0.2) is 27.8 Å². The van der Waals surface area contributed by atoms with Crippen LogP contribution in [0.4, 0.5) is 5.69 Å². The maximum atomic E-state index is 12.9. The number of methoxy groups -OCH3 is 1. The molecule has 6 heteroatoms. The fourth-order valence-corrected chi connectivity index (χ4v) is 4.60. The van der Waals surface area contributed by atoms with Crippen LogP contribution >= 0.6 is 11.8 Å². The van der Waals surface area contributed by atoms with E-state index in [1.165, 1.54) is 36.0 Å². The van der Waals surface area contributed by atoms with Crippen molar-refractivity contribution in [3.05, 3.63) is 66.0 Å². The van der Waals surface area contributed by atoms with Gasteiger partial charge in [0.15, 0.2) is 5.16 Å². The zero-order valence-electron chi connectivity index (χ0n) is 16.7. The van der Waals surface area contributed by atoms with E-state index in [0.717, 1.165) is 23.7 Å². The topological polar surface area (TPSA) is 56.1 Å². The van der Waals surface area contributed by atoms with E-state index in [0.29, 0.717) is 11.4 Å². The second-order valence-corrected chi connectivity index (χ2v) is 8.42. The maximum Gasteiger partial charge on any atom is 0.237 e. The zero-order chi connectivity index (χ0) is 20.2. The van der Waals surface area contributed by atoms with Crippen LogP contribution in [0.15, 0.2) is 59.8 Å². The summed E-state index contributed by atoms with van der Waals surface area (Å²) in [5.41, 5.74) is 4.23. The Morgan fingerprint density at radius 1 is 1.10 bits per heavy atom. The number of hydrogen-bond acceptors (Lipinski definition) is 4. The lowest BCUT2D eigenvalue weighted by atomic mass is 10.0. The van der Waals surface area contributed by atoms with Crippen molar-refractivity contribution in [3.8, 4) is 11.4 Å². The number of amides is 1. The molecule has 1 aliphatic rings. The van der Waals surface area contributed by atoms with Gasteiger partial charge >= 0.3 is 0 Å². The molecule has 0 saturated heterocycles. The fourth-order valence-electron chi connectivity index (χ4n) is 3.63. The van der Waals surface area contributed by atoms with Crippen molar-refractivity contribution in [1.82, 2.24) is 9.55 Å². The Balaban J connectivity index is 1.59. The van der Waals surface area contributed by atoms with Crippen molar-refractivity contribution >= 4 is 23.4 Å². The molecule has 29 heavy (non-hydrogen) atoms. The van der Waals surface area contributed by atoms with Gasteiger partial charge in [-0.05, 0) is 56.9 Å². The van der Waals surface area contributed by atoms with Crippen molar-refractivity contribution < 1.29 is 9.53 Å². The minimum atomic E-state index is -0.300. The molecule has 0 saturated carbocycles. The Morgan fingerprint density at radius 3 is 2.62 bits per heavy atom. The third-order valence-corrected chi connectivity index (χ3v) is 6.19. The molecule has 0 radical (unpaired) electrons. The van der Waals surface area contributed by atoms with Gasteiger partial charge in [-0.15, -0.1) is 0 Å². The number of nitrogens with one attached hydrogen (secondary N) is 1. The molecule has 1 aromatic heterocycles. The van der Waals surface area contributed by atoms with Crippen LogP contribution in [0.5, 0.6) is 5.75 Å². The monoisotopic (exact) mass is 407 g/mol. The molecule has 1 atom stereocenters. The summed E-state index contributed by atoms with van der Waals surface area (Å²) in [6.07, 6.45) is 4.39. The first-order valence-corrected chi connectivity index (χ1v) is 10.8. The summed E-state index contributed by atoms with van der Waals surface area (Å²) in [5, 5.41) is 3.56. The molecule has 5 nitrogen and oxygen atoms in total. The van der Waals surface area contributed by atoms with Gasteiger partial charge in [-0.2, -0.15) is 0 Å². The van der Waals surface area contributed by atoms with E-state index >= 15 is 0 Å². The third-order valence-electron chi connectivity index (χ3n) is 5.13. The lowest BCUT2D eigenvalue weighted by Gasteiger charge is -2.17. The van der Waals surface area contributed by atoms with Crippen molar-refractivity contribution in [2.45, 2.75) is 43.0 Å². The molecule has 4 rings (SSSR count). The molecule has 150 valence electrons. The highest BCUT2D eigenvalue weighted by atomic mass is 32.2. The summed E-state index contributed by atoms with van der Waals surface area (Å²) in [6, 6.07) is 17.7. The summed E-state index contributed by atoms with van der Waals surface area (Å²) in [4.78, 5) is 17.8. The number of anilines is 1. The van der Waals surface area contributed by atoms with Gasteiger partial charge in [0, 0.05) is 11.4 Å². The SMILES string of the molecule is COc1ccccc1NC(=O)C(C)Sc1nc2c(n1-c1ccccc1)CCCC2. The average Bonchev–Trinajstić information content (AvgIpc) is 3.12. The molecular formula is C23H25N3O2S. The van der Waals surface area contributed by atoms with Crippen LogP contribution < -0.4 is 10.1 Å². The number of imidazole rings is 1. The summed E-state index contributed by atoms with van der Waals surface area (Å²) in [5.74, 6) is 0.583. The van der Waals surface area contributed by atoms with Gasteiger partial charge in [0.2, 0.25) is 5.91 Å². The van der Waals surface area contributed by atoms with E-state index in [9.17, 15) is 4.79 Å². The molecular weight excluding hydrogens is 382 g/mol. The highest BCUT2D eigenvalue weighted by molar-refractivity contribution is 8.00. The van der Waals surface area contributed by atoms with Crippen LogP contribution in [0.25, 0.3) is 5.69 Å². The van der Waals surface area contributed by atoms with Gasteiger partial charge in [-0.25, -0.2) is 4.98 Å². The molecule has 0 fully saturated rings. The number of rotatable bonds is 6. The first-order valence-electron chi connectivity index (χ1n) is 9.94. The summed E-state index contributed by atoms with van der Waals surface area (Å²) in [6.45, 7) is 1.92. The summed E-state index contributed by atoms with van der Waals surface area (Å²) in [7, 11) is 1.60. The molecule has 0 aliphatic heterocycles. The molecule has 1 amide bonds. The van der Waals surface area contributed by atoms with Crippen LogP contribution in [0.2, 0.25) is 0 Å². The van der Waals surface area contributed by atoms with Gasteiger partial charge in [0.1, 0.15) is 5.75 Å². The van der Waals surface area contributed by atoms with Gasteiger partial charge in [-0.1, -0.05) is 42.1 Å². The normalized spacial score (nSPS) is 14.1. The second kappa shape index (κ2) is 8.74. The molecule has 0 bridgehead atoms. The number of aromatic nitrogens is 2. The Morgan fingerprint density at radius 2 is 1.83 bits per heavy atom. The minimum Gasteiger partial charge on any atom is -0.495 e. The van der Waals surface area contributed by atoms with Crippen LogP contribution in [-0.2, 0) is 17.6 Å². The molecule has 1 N–H and O–H groups in total. The number of carbonyl (C=O) groups excluding carboxylic acids is 1. The van der Waals surface area contributed by atoms with Gasteiger partial charge in [0.25, 0.3) is 0 Å². The number of fused-ring (bicyclic) bond motifs is 1. The smallest absolute Gasteiger partial charge is 0.237 e. The van der Waals surface area contributed by atoms with E-state index in [4.69, 9.17) is 9.72 Å². The number of hydrogen-bond donors (Lipinski definition) is 1. The molecule has 1 aliphatic carbocycles. The molecule has 2 aromatic carbocycles. The van der Waals surface area contributed by atoms with Gasteiger partial charge < -0.3 is 10.1 Å². The first-order chi connectivity index (χ1) is 14.2. The molecule has 1 unspecified atom stereocenters. The molecule has 3 aromatic rings. The standard InChI is InChI=1S/C23H25N3O2S/c1-16(22(27)24-19-13-7-9-15-21(19)28-2)29-23-25-18-12-6-8-14-20(18)26(23)17-10-4-3-5-11-17/h3-5,7,9-11,13,15-16H,6,8,12,14H2,1-2H3,(H,24,27). The van der Waals surface area contributed by atoms with Gasteiger partial charge in [-0.3, -0.25) is 9.36 Å². The van der Waals surface area contributed by atoms with E-state index in [2.05, 4.69) is 22.0 Å². The highest BCUT2D eigenvalue weighted by Crippen LogP contribution is 2.33. The second-order valence-electron chi connectivity index (χ2n) is 7.12. The van der Waals surface area contributed by atoms with Crippen LogP contribution in [0.3, 0.4) is 0 Å². The maximum absolute atomic E-state index is 12.9. The predicted octanol–water partition coefficient (Wildman–Crippen LogP) is 4.88. The number of nitrogens with zero attached hydrogens (tertiary/aromatic N) is 2. The zero-order valence-corrected chi connectivity index (χ0v) is 17.5. The lowest BCUT2D eigenvalue weighted by Crippen LogP contribution is -2.23. The van der Waals surface area contributed by atoms with Crippen molar-refractivity contribution in [3.63, 3.8) is 0 Å².